The van der Waals surface area contributed by atoms with Crippen molar-refractivity contribution < 1.29 is 14.0 Å². The number of hydrogen-bond acceptors (Lipinski definition) is 4. The number of amides is 2. The molecule has 7 heteroatoms. The van der Waals surface area contributed by atoms with E-state index in [0.717, 1.165) is 5.69 Å². The van der Waals surface area contributed by atoms with Gasteiger partial charge in [0.2, 0.25) is 5.91 Å². The van der Waals surface area contributed by atoms with E-state index in [1.54, 1.807) is 48.7 Å². The molecule has 2 amide bonds. The molecule has 0 aliphatic carbocycles. The Morgan fingerprint density at radius 2 is 1.61 bits per heavy atom. The van der Waals surface area contributed by atoms with Gasteiger partial charge in [-0.15, -0.1) is 0 Å². The Balaban J connectivity index is 1.57. The molecule has 0 aliphatic heterocycles. The molecule has 0 saturated heterocycles. The Morgan fingerprint density at radius 3 is 2.25 bits per heavy atom. The minimum absolute atomic E-state index is 0.0911. The average molecular weight is 378 g/mol. The zero-order valence-corrected chi connectivity index (χ0v) is 15.2. The Labute approximate surface area is 161 Å². The highest BCUT2D eigenvalue weighted by Crippen LogP contribution is 2.18. The van der Waals surface area contributed by atoms with Gasteiger partial charge in [0.25, 0.3) is 5.91 Å². The lowest BCUT2D eigenvalue weighted by Crippen LogP contribution is -2.24. The minimum atomic E-state index is -0.380. The van der Waals surface area contributed by atoms with E-state index in [0.29, 0.717) is 16.9 Å². The molecule has 0 atom stereocenters. The number of carbonyl (C=O) groups is 2. The zero-order chi connectivity index (χ0) is 19.9. The van der Waals surface area contributed by atoms with E-state index in [-0.39, 0.29) is 29.9 Å². The quantitative estimate of drug-likeness (QED) is 0.608. The van der Waals surface area contributed by atoms with Crippen molar-refractivity contribution in [2.45, 2.75) is 13.5 Å². The van der Waals surface area contributed by atoms with E-state index < -0.39 is 0 Å². The zero-order valence-electron chi connectivity index (χ0n) is 15.2. The number of nitrogens with one attached hydrogen (secondary N) is 3. The second-order valence-electron chi connectivity index (χ2n) is 6.09. The molecule has 1 heterocycles. The van der Waals surface area contributed by atoms with Gasteiger partial charge in [0.1, 0.15) is 11.5 Å². The van der Waals surface area contributed by atoms with Gasteiger partial charge in [0, 0.05) is 30.4 Å². The largest absolute Gasteiger partial charge is 0.354 e. The summed E-state index contributed by atoms with van der Waals surface area (Å²) in [6.07, 6.45) is 1.54. The molecule has 0 radical (unpaired) electrons. The van der Waals surface area contributed by atoms with Gasteiger partial charge in [-0.2, -0.15) is 0 Å². The lowest BCUT2D eigenvalue weighted by molar-refractivity contribution is -0.114. The van der Waals surface area contributed by atoms with Crippen molar-refractivity contribution >= 4 is 28.9 Å². The Bertz CT molecular complexity index is 972. The molecule has 1 aromatic heterocycles. The van der Waals surface area contributed by atoms with Crippen LogP contribution in [-0.2, 0) is 11.3 Å². The van der Waals surface area contributed by atoms with Crippen molar-refractivity contribution in [3.8, 4) is 0 Å². The smallest absolute Gasteiger partial charge is 0.270 e. The number of nitrogens with zero attached hydrogens (tertiary/aromatic N) is 1. The molecule has 6 nitrogen and oxygen atoms in total. The first-order valence-electron chi connectivity index (χ1n) is 8.63. The highest BCUT2D eigenvalue weighted by molar-refractivity contribution is 5.92. The number of anilines is 3. The van der Waals surface area contributed by atoms with Crippen LogP contribution in [0.3, 0.4) is 0 Å². The molecule has 28 heavy (non-hydrogen) atoms. The van der Waals surface area contributed by atoms with Crippen LogP contribution in [0.15, 0.2) is 66.9 Å². The van der Waals surface area contributed by atoms with E-state index in [1.807, 2.05) is 12.1 Å². The summed E-state index contributed by atoms with van der Waals surface area (Å²) in [4.78, 5) is 27.3. The molecule has 0 bridgehead atoms. The molecule has 3 rings (SSSR count). The van der Waals surface area contributed by atoms with Crippen LogP contribution in [0.1, 0.15) is 23.0 Å². The minimum Gasteiger partial charge on any atom is -0.354 e. The number of pyridine rings is 1. The molecule has 0 aliphatic rings. The fourth-order valence-electron chi connectivity index (χ4n) is 2.52. The predicted octanol–water partition coefficient (Wildman–Crippen LogP) is 3.85. The maximum atomic E-state index is 13.6. The van der Waals surface area contributed by atoms with Crippen molar-refractivity contribution in [3.63, 3.8) is 0 Å². The van der Waals surface area contributed by atoms with Crippen LogP contribution in [0.4, 0.5) is 21.5 Å². The van der Waals surface area contributed by atoms with Crippen LogP contribution in [0, 0.1) is 5.82 Å². The third-order valence-electron chi connectivity index (χ3n) is 3.89. The van der Waals surface area contributed by atoms with Gasteiger partial charge in [0.05, 0.1) is 11.9 Å². The van der Waals surface area contributed by atoms with Gasteiger partial charge in [0.15, 0.2) is 0 Å². The van der Waals surface area contributed by atoms with Gasteiger partial charge in [-0.3, -0.25) is 9.59 Å². The fourth-order valence-corrected chi connectivity index (χ4v) is 2.52. The third-order valence-corrected chi connectivity index (χ3v) is 3.89. The standard InChI is InChI=1S/C21H19FN4O2/c1-14(27)25-16-6-8-17(9-7-16)26-18-10-11-20(23-13-18)21(28)24-12-15-4-2-3-5-19(15)22/h2-11,13,26H,12H2,1H3,(H,24,28)(H,25,27). The highest BCUT2D eigenvalue weighted by Gasteiger charge is 2.08. The van der Waals surface area contributed by atoms with Crippen molar-refractivity contribution in [1.29, 1.82) is 0 Å². The van der Waals surface area contributed by atoms with E-state index in [1.165, 1.54) is 13.0 Å². The number of carbonyl (C=O) groups excluding carboxylic acids is 2. The summed E-state index contributed by atoms with van der Waals surface area (Å²) in [6.45, 7) is 1.54. The summed E-state index contributed by atoms with van der Waals surface area (Å²) in [5, 5.41) is 8.51. The summed E-state index contributed by atoms with van der Waals surface area (Å²) in [7, 11) is 0. The first kappa shape index (κ1) is 19.0. The molecular formula is C21H19FN4O2. The lowest BCUT2D eigenvalue weighted by Gasteiger charge is -2.09. The van der Waals surface area contributed by atoms with Crippen molar-refractivity contribution in [2.75, 3.05) is 10.6 Å². The maximum Gasteiger partial charge on any atom is 0.270 e. The molecule has 3 aromatic rings. The van der Waals surface area contributed by atoms with Crippen LogP contribution in [0.2, 0.25) is 0 Å². The van der Waals surface area contributed by atoms with Crippen LogP contribution in [0.5, 0.6) is 0 Å². The van der Waals surface area contributed by atoms with Gasteiger partial charge >= 0.3 is 0 Å². The Hall–Kier alpha value is -3.74. The Morgan fingerprint density at radius 1 is 0.929 bits per heavy atom. The van der Waals surface area contributed by atoms with Crippen molar-refractivity contribution in [1.82, 2.24) is 10.3 Å². The Kier molecular flexibility index (Phi) is 5.96. The molecule has 0 unspecified atom stereocenters. The fraction of sp³-hybridized carbons (Fsp3) is 0.0952. The maximum absolute atomic E-state index is 13.6. The molecule has 3 N–H and O–H groups in total. The summed E-state index contributed by atoms with van der Waals surface area (Å²) in [5.74, 6) is -0.872. The van der Waals surface area contributed by atoms with Crippen LogP contribution in [0.25, 0.3) is 0 Å². The molecule has 0 spiro atoms. The van der Waals surface area contributed by atoms with Gasteiger partial charge < -0.3 is 16.0 Å². The average Bonchev–Trinajstić information content (AvgIpc) is 2.69. The summed E-state index contributed by atoms with van der Waals surface area (Å²) in [6, 6.07) is 16.8. The molecule has 142 valence electrons. The molecule has 2 aromatic carbocycles. The first-order valence-corrected chi connectivity index (χ1v) is 8.63. The SMILES string of the molecule is CC(=O)Nc1ccc(Nc2ccc(C(=O)NCc3ccccc3F)nc2)cc1. The molecular weight excluding hydrogens is 359 g/mol. The number of rotatable bonds is 6. The summed E-state index contributed by atoms with van der Waals surface area (Å²) in [5.41, 5.74) is 2.88. The van der Waals surface area contributed by atoms with Crippen LogP contribution in [-0.4, -0.2) is 16.8 Å². The summed E-state index contributed by atoms with van der Waals surface area (Å²) >= 11 is 0. The number of benzene rings is 2. The summed E-state index contributed by atoms with van der Waals surface area (Å²) < 4.78 is 13.6. The predicted molar refractivity (Wildman–Crippen MR) is 106 cm³/mol. The van der Waals surface area contributed by atoms with Crippen molar-refractivity contribution in [3.05, 3.63) is 83.9 Å². The first-order chi connectivity index (χ1) is 13.5. The highest BCUT2D eigenvalue weighted by atomic mass is 19.1. The van der Waals surface area contributed by atoms with E-state index >= 15 is 0 Å². The third kappa shape index (κ3) is 5.14. The molecule has 0 fully saturated rings. The second kappa shape index (κ2) is 8.77. The number of hydrogen-bond donors (Lipinski definition) is 3. The lowest BCUT2D eigenvalue weighted by atomic mass is 10.2. The monoisotopic (exact) mass is 378 g/mol. The van der Waals surface area contributed by atoms with E-state index in [4.69, 9.17) is 0 Å². The van der Waals surface area contributed by atoms with Gasteiger partial charge in [-0.25, -0.2) is 9.37 Å². The normalized spacial score (nSPS) is 10.2. The van der Waals surface area contributed by atoms with Gasteiger partial charge in [-0.1, -0.05) is 18.2 Å². The van der Waals surface area contributed by atoms with Gasteiger partial charge in [-0.05, 0) is 42.5 Å². The van der Waals surface area contributed by atoms with E-state index in [2.05, 4.69) is 20.9 Å². The number of aromatic nitrogens is 1. The topological polar surface area (TPSA) is 83.1 Å². The second-order valence-corrected chi connectivity index (χ2v) is 6.09. The van der Waals surface area contributed by atoms with Crippen LogP contribution < -0.4 is 16.0 Å². The molecule has 0 saturated carbocycles. The number of halogens is 1. The van der Waals surface area contributed by atoms with E-state index in [9.17, 15) is 14.0 Å². The van der Waals surface area contributed by atoms with Crippen LogP contribution >= 0.6 is 0 Å². The van der Waals surface area contributed by atoms with Crippen molar-refractivity contribution in [2.24, 2.45) is 0 Å².